The van der Waals surface area contributed by atoms with Crippen LogP contribution in [0.4, 0.5) is 11.4 Å². The summed E-state index contributed by atoms with van der Waals surface area (Å²) in [5.41, 5.74) is 14.6. The van der Waals surface area contributed by atoms with Gasteiger partial charge in [-0.1, -0.05) is 50.8 Å². The van der Waals surface area contributed by atoms with Crippen molar-refractivity contribution in [1.29, 1.82) is 0 Å². The fourth-order valence-electron chi connectivity index (χ4n) is 5.11. The van der Waals surface area contributed by atoms with Gasteiger partial charge >= 0.3 is 11.9 Å². The smallest absolute Gasteiger partial charge is 0.330 e. The van der Waals surface area contributed by atoms with E-state index in [0.29, 0.717) is 17.1 Å². The third-order valence-electron chi connectivity index (χ3n) is 7.51. The minimum Gasteiger partial charge on any atom is -0.462 e. The predicted octanol–water partition coefficient (Wildman–Crippen LogP) is 7.45. The third kappa shape index (κ3) is 10.6. The summed E-state index contributed by atoms with van der Waals surface area (Å²) < 4.78 is 11.0. The second kappa shape index (κ2) is 15.8. The van der Waals surface area contributed by atoms with Crippen LogP contribution >= 0.6 is 0 Å². The van der Waals surface area contributed by atoms with Gasteiger partial charge in [-0.2, -0.15) is 0 Å². The van der Waals surface area contributed by atoms with Crippen LogP contribution in [0.5, 0.6) is 5.75 Å². The van der Waals surface area contributed by atoms with Crippen molar-refractivity contribution in [2.45, 2.75) is 77.0 Å². The van der Waals surface area contributed by atoms with Gasteiger partial charge in [0, 0.05) is 23.4 Å². The Kier molecular flexibility index (Phi) is 12.1. The number of carbonyl (C=O) groups is 2. The number of ether oxygens (including phenoxy) is 2. The molecule has 0 aliphatic heterocycles. The second-order valence-electron chi connectivity index (χ2n) is 10.8. The number of anilines is 2. The van der Waals surface area contributed by atoms with E-state index in [2.05, 4.69) is 6.58 Å². The van der Waals surface area contributed by atoms with Gasteiger partial charge in [-0.05, 0) is 92.0 Å². The highest BCUT2D eigenvalue weighted by Crippen LogP contribution is 2.33. The van der Waals surface area contributed by atoms with Gasteiger partial charge in [0.05, 0.1) is 12.5 Å². The lowest BCUT2D eigenvalue weighted by Gasteiger charge is -2.27. The second-order valence-corrected chi connectivity index (χ2v) is 10.8. The summed E-state index contributed by atoms with van der Waals surface area (Å²) in [6.45, 7) is 5.95. The lowest BCUT2D eigenvalue weighted by atomic mass is 9.80. The molecule has 3 rings (SSSR count). The van der Waals surface area contributed by atoms with Crippen LogP contribution in [0.2, 0.25) is 0 Å². The molecule has 4 N–H and O–H groups in total. The Balaban J connectivity index is 1.36. The molecule has 0 radical (unpaired) electrons. The van der Waals surface area contributed by atoms with Gasteiger partial charge < -0.3 is 20.9 Å². The molecule has 0 spiro atoms. The zero-order chi connectivity index (χ0) is 28.0. The number of unbranched alkanes of at least 4 members (excludes halogenated alkanes) is 4. The first-order valence-electron chi connectivity index (χ1n) is 14.3. The molecule has 0 bridgehead atoms. The van der Waals surface area contributed by atoms with Crippen molar-refractivity contribution < 1.29 is 19.1 Å². The van der Waals surface area contributed by atoms with Crippen molar-refractivity contribution in [3.8, 4) is 5.75 Å². The van der Waals surface area contributed by atoms with E-state index in [4.69, 9.17) is 20.9 Å². The molecule has 6 heteroatoms. The van der Waals surface area contributed by atoms with Crippen LogP contribution in [0.25, 0.3) is 6.08 Å². The molecule has 1 saturated carbocycles. The maximum Gasteiger partial charge on any atom is 0.330 e. The number of carbonyl (C=O) groups excluding carboxylic acids is 2. The molecule has 210 valence electrons. The van der Waals surface area contributed by atoms with Crippen LogP contribution in [0.1, 0.15) is 88.2 Å². The summed E-state index contributed by atoms with van der Waals surface area (Å²) in [6, 6.07) is 12.5. The molecular weight excluding hydrogens is 488 g/mol. The average molecular weight is 533 g/mol. The maximum atomic E-state index is 12.7. The maximum absolute atomic E-state index is 12.7. The summed E-state index contributed by atoms with van der Waals surface area (Å²) in [4.78, 5) is 24.9. The summed E-state index contributed by atoms with van der Waals surface area (Å²) in [6.07, 6.45) is 16.6. The quantitative estimate of drug-likeness (QED) is 0.0654. The van der Waals surface area contributed by atoms with Gasteiger partial charge in [-0.3, -0.25) is 4.79 Å². The topological polar surface area (TPSA) is 105 Å². The molecule has 1 aliphatic carbocycles. The lowest BCUT2D eigenvalue weighted by Crippen LogP contribution is -2.25. The number of nitrogen functional groups attached to an aromatic ring is 2. The van der Waals surface area contributed by atoms with Crippen molar-refractivity contribution in [2.75, 3.05) is 18.1 Å². The van der Waals surface area contributed by atoms with E-state index in [0.717, 1.165) is 49.1 Å². The van der Waals surface area contributed by atoms with E-state index in [-0.39, 0.29) is 24.4 Å². The fourth-order valence-corrected chi connectivity index (χ4v) is 5.11. The summed E-state index contributed by atoms with van der Waals surface area (Å²) in [5, 5.41) is 0. The van der Waals surface area contributed by atoms with E-state index >= 15 is 0 Å². The minimum atomic E-state index is -0.433. The number of hydrogen-bond donors (Lipinski definition) is 2. The van der Waals surface area contributed by atoms with Crippen LogP contribution in [0, 0.1) is 11.8 Å². The van der Waals surface area contributed by atoms with Crippen LogP contribution < -0.4 is 16.2 Å². The number of rotatable bonds is 14. The first kappa shape index (κ1) is 30.0. The van der Waals surface area contributed by atoms with Crippen LogP contribution in [0.15, 0.2) is 61.2 Å². The van der Waals surface area contributed by atoms with Crippen LogP contribution in [0.3, 0.4) is 0 Å². The van der Waals surface area contributed by atoms with Crippen molar-refractivity contribution in [1.82, 2.24) is 0 Å². The third-order valence-corrected chi connectivity index (χ3v) is 7.51. The molecule has 0 heterocycles. The molecule has 39 heavy (non-hydrogen) atoms. The average Bonchev–Trinajstić information content (AvgIpc) is 2.93. The Morgan fingerprint density at radius 3 is 2.31 bits per heavy atom. The largest absolute Gasteiger partial charge is 0.462 e. The Hall–Kier alpha value is -3.54. The van der Waals surface area contributed by atoms with Gasteiger partial charge in [-0.15, -0.1) is 6.58 Å². The SMILES string of the molecule is C=CCCCCCCC1CCC(C(=O)Oc2ccc(C=CC(=O)OCC(C)c3cc(N)cc(N)c3)cc2)CC1. The normalized spacial score (nSPS) is 18.0. The van der Waals surface area contributed by atoms with E-state index in [1.54, 1.807) is 24.3 Å². The Bertz CT molecular complexity index is 1080. The molecule has 0 amide bonds. The minimum absolute atomic E-state index is 0.0191. The zero-order valence-corrected chi connectivity index (χ0v) is 23.3. The van der Waals surface area contributed by atoms with E-state index in [1.165, 1.54) is 38.2 Å². The van der Waals surface area contributed by atoms with Gasteiger partial charge in [0.25, 0.3) is 0 Å². The molecular formula is C33H44N2O4. The van der Waals surface area contributed by atoms with Crippen molar-refractivity contribution in [3.63, 3.8) is 0 Å². The van der Waals surface area contributed by atoms with E-state index in [1.807, 2.05) is 37.3 Å². The number of benzene rings is 2. The van der Waals surface area contributed by atoms with Gasteiger partial charge in [0.15, 0.2) is 0 Å². The van der Waals surface area contributed by atoms with Gasteiger partial charge in [0.1, 0.15) is 5.75 Å². The molecule has 0 saturated heterocycles. The highest BCUT2D eigenvalue weighted by atomic mass is 16.5. The number of allylic oxidation sites excluding steroid dienone is 1. The van der Waals surface area contributed by atoms with E-state index < -0.39 is 5.97 Å². The van der Waals surface area contributed by atoms with Crippen LogP contribution in [-0.4, -0.2) is 18.5 Å². The Morgan fingerprint density at radius 2 is 1.64 bits per heavy atom. The summed E-state index contributed by atoms with van der Waals surface area (Å²) in [5.74, 6) is 0.643. The van der Waals surface area contributed by atoms with Crippen molar-refractivity contribution >= 4 is 29.4 Å². The van der Waals surface area contributed by atoms with Gasteiger partial charge in [-0.25, -0.2) is 4.79 Å². The highest BCUT2D eigenvalue weighted by molar-refractivity contribution is 5.87. The molecule has 1 unspecified atom stereocenters. The molecule has 2 aromatic rings. The first-order valence-corrected chi connectivity index (χ1v) is 14.3. The fraction of sp³-hybridized carbons (Fsp3) is 0.455. The number of nitrogens with two attached hydrogens (primary N) is 2. The Labute approximate surface area is 233 Å². The monoisotopic (exact) mass is 532 g/mol. The standard InChI is InChI=1S/C33H44N2O4/c1-3-4-5-6-7-8-9-25-10-15-27(16-11-25)33(37)39-31-17-12-26(13-18-31)14-19-32(36)38-23-24(2)28-20-29(34)22-30(35)21-28/h3,12-14,17-22,24-25,27H,1,4-11,15-16,23,34-35H2,2H3. The first-order chi connectivity index (χ1) is 18.8. The van der Waals surface area contributed by atoms with Crippen molar-refractivity contribution in [3.05, 3.63) is 72.3 Å². The van der Waals surface area contributed by atoms with E-state index in [9.17, 15) is 9.59 Å². The van der Waals surface area contributed by atoms with Crippen molar-refractivity contribution in [2.24, 2.45) is 11.8 Å². The predicted molar refractivity (Wildman–Crippen MR) is 159 cm³/mol. The summed E-state index contributed by atoms with van der Waals surface area (Å²) in [7, 11) is 0. The van der Waals surface area contributed by atoms with Crippen LogP contribution in [-0.2, 0) is 14.3 Å². The Morgan fingerprint density at radius 1 is 0.974 bits per heavy atom. The molecule has 6 nitrogen and oxygen atoms in total. The number of esters is 2. The van der Waals surface area contributed by atoms with Gasteiger partial charge in [0.2, 0.25) is 0 Å². The highest BCUT2D eigenvalue weighted by Gasteiger charge is 2.27. The molecule has 1 atom stereocenters. The molecule has 1 aliphatic rings. The molecule has 0 aromatic heterocycles. The number of hydrogen-bond acceptors (Lipinski definition) is 6. The zero-order valence-electron chi connectivity index (χ0n) is 23.3. The summed E-state index contributed by atoms with van der Waals surface area (Å²) >= 11 is 0. The molecule has 2 aromatic carbocycles. The lowest BCUT2D eigenvalue weighted by molar-refractivity contribution is -0.140. The molecule has 1 fully saturated rings.